The predicted molar refractivity (Wildman–Crippen MR) is 138 cm³/mol. The third-order valence-corrected chi connectivity index (χ3v) is 8.04. The van der Waals surface area contributed by atoms with Crippen LogP contribution in [0, 0.1) is 11.8 Å². The van der Waals surface area contributed by atoms with Crippen molar-refractivity contribution in [3.63, 3.8) is 0 Å². The minimum absolute atomic E-state index is 0.0273. The number of nitrogens with two attached hydrogens (primary N) is 1. The number of phenolic OH excluding ortho intramolecular Hbond substituents is 1. The molecule has 12 nitrogen and oxygen atoms in total. The average molecular weight is 544 g/mol. The zero-order valence-corrected chi connectivity index (χ0v) is 21.9. The number of aliphatic hydroxyl groups is 4. The first-order chi connectivity index (χ1) is 18.3. The van der Waals surface area contributed by atoms with Crippen molar-refractivity contribution in [1.29, 1.82) is 0 Å². The van der Waals surface area contributed by atoms with E-state index in [0.717, 1.165) is 0 Å². The van der Waals surface area contributed by atoms with Crippen molar-refractivity contribution >= 4 is 23.5 Å². The summed E-state index contributed by atoms with van der Waals surface area (Å²) in [6.07, 6.45) is -1.05. The Bertz CT molecular complexity index is 1320. The molecule has 0 bridgehead atoms. The number of rotatable bonds is 6. The summed E-state index contributed by atoms with van der Waals surface area (Å²) >= 11 is 0. The first-order valence-corrected chi connectivity index (χ1v) is 12.4. The summed E-state index contributed by atoms with van der Waals surface area (Å²) in [7, 11) is 4.41. The van der Waals surface area contributed by atoms with Crippen molar-refractivity contribution < 1.29 is 44.7 Å². The van der Waals surface area contributed by atoms with Gasteiger partial charge in [-0.3, -0.25) is 14.5 Å². The molecule has 4 rings (SSSR count). The van der Waals surface area contributed by atoms with Crippen molar-refractivity contribution in [2.24, 2.45) is 17.6 Å². The minimum Gasteiger partial charge on any atom is -0.510 e. The molecule has 1 saturated carbocycles. The Kier molecular flexibility index (Phi) is 7.23. The molecule has 3 aliphatic rings. The molecule has 0 aromatic heterocycles. The Morgan fingerprint density at radius 2 is 1.92 bits per heavy atom. The summed E-state index contributed by atoms with van der Waals surface area (Å²) < 4.78 is 4.85. The van der Waals surface area contributed by atoms with Gasteiger partial charge in [0, 0.05) is 24.6 Å². The number of benzene rings is 1. The van der Waals surface area contributed by atoms with E-state index >= 15 is 0 Å². The van der Waals surface area contributed by atoms with Gasteiger partial charge in [-0.2, -0.15) is 0 Å². The van der Waals surface area contributed by atoms with E-state index in [-0.39, 0.29) is 42.8 Å². The van der Waals surface area contributed by atoms with Crippen LogP contribution in [-0.4, -0.2) is 98.6 Å². The Morgan fingerprint density at radius 1 is 1.26 bits per heavy atom. The lowest BCUT2D eigenvalue weighted by Gasteiger charge is -2.53. The van der Waals surface area contributed by atoms with Gasteiger partial charge in [-0.05, 0) is 50.0 Å². The van der Waals surface area contributed by atoms with E-state index in [9.17, 15) is 39.9 Å². The van der Waals surface area contributed by atoms with E-state index in [1.807, 2.05) is 0 Å². The average Bonchev–Trinajstić information content (AvgIpc) is 2.86. The second-order valence-corrected chi connectivity index (χ2v) is 10.4. The third kappa shape index (κ3) is 4.15. The molecule has 39 heavy (non-hydrogen) atoms. The number of ketones is 1. The molecular formula is C27H33N3O9. The number of aliphatic hydroxyl groups excluding tert-OH is 3. The van der Waals surface area contributed by atoms with Crippen molar-refractivity contribution in [1.82, 2.24) is 9.80 Å². The van der Waals surface area contributed by atoms with Gasteiger partial charge in [-0.25, -0.2) is 4.79 Å². The monoisotopic (exact) mass is 543 g/mol. The van der Waals surface area contributed by atoms with Crippen LogP contribution in [0.15, 0.2) is 41.7 Å². The van der Waals surface area contributed by atoms with Crippen LogP contribution >= 0.6 is 0 Å². The molecular weight excluding hydrogens is 510 g/mol. The third-order valence-electron chi connectivity index (χ3n) is 8.04. The molecule has 210 valence electrons. The molecule has 0 heterocycles. The number of phenols is 1. The quantitative estimate of drug-likeness (QED) is 0.275. The maximum absolute atomic E-state index is 13.9. The normalized spacial score (nSPS) is 28.0. The number of hydrogen-bond donors (Lipinski definition) is 6. The highest BCUT2D eigenvalue weighted by Crippen LogP contribution is 2.53. The summed E-state index contributed by atoms with van der Waals surface area (Å²) in [5, 5.41) is 55.7. The van der Waals surface area contributed by atoms with Gasteiger partial charge in [-0.15, -0.1) is 6.58 Å². The number of hydrogen-bond acceptors (Lipinski definition) is 10. The number of Topliss-reactive ketones (excluding diaryl/α,β-unsaturated/α-hetero) is 1. The van der Waals surface area contributed by atoms with Gasteiger partial charge in [0.2, 0.25) is 0 Å². The number of aromatic hydroxyl groups is 1. The summed E-state index contributed by atoms with van der Waals surface area (Å²) in [5.74, 6) is -5.40. The van der Waals surface area contributed by atoms with Gasteiger partial charge < -0.3 is 40.9 Å². The van der Waals surface area contributed by atoms with Crippen molar-refractivity contribution in [2.45, 2.75) is 37.1 Å². The Morgan fingerprint density at radius 3 is 2.49 bits per heavy atom. The van der Waals surface area contributed by atoms with Gasteiger partial charge in [0.05, 0.1) is 24.3 Å². The van der Waals surface area contributed by atoms with Crippen LogP contribution in [-0.2, 0) is 27.3 Å². The molecule has 12 heteroatoms. The largest absolute Gasteiger partial charge is 0.510 e. The van der Waals surface area contributed by atoms with E-state index in [4.69, 9.17) is 10.5 Å². The maximum Gasteiger partial charge on any atom is 0.410 e. The highest BCUT2D eigenvalue weighted by molar-refractivity contribution is 6.11. The van der Waals surface area contributed by atoms with Gasteiger partial charge in [0.1, 0.15) is 23.4 Å². The van der Waals surface area contributed by atoms with E-state index in [1.54, 1.807) is 20.2 Å². The molecule has 0 saturated heterocycles. The fourth-order valence-corrected chi connectivity index (χ4v) is 6.33. The number of amides is 2. The minimum atomic E-state index is -2.58. The summed E-state index contributed by atoms with van der Waals surface area (Å²) in [6.45, 7) is 3.88. The molecule has 3 aliphatic carbocycles. The number of methoxy groups -OCH3 is 1. The van der Waals surface area contributed by atoms with E-state index in [2.05, 4.69) is 6.58 Å². The zero-order chi connectivity index (χ0) is 29.0. The number of primary amides is 1. The van der Waals surface area contributed by atoms with Crippen LogP contribution < -0.4 is 5.73 Å². The fourth-order valence-electron chi connectivity index (χ4n) is 6.33. The molecule has 0 spiro atoms. The SMILES string of the molecule is C=CCN(Cc1ccc(O)c2c1C[C@H]1C[C@H]3[C@H](N(C)C)C(O)=C(C(N)=O)C(O)[C@@]3(O)C(=O)C1=C2O)C(=O)OC. The van der Waals surface area contributed by atoms with Crippen molar-refractivity contribution in [3.8, 4) is 5.75 Å². The summed E-state index contributed by atoms with van der Waals surface area (Å²) in [5.41, 5.74) is 2.98. The number of ether oxygens (including phenoxy) is 1. The van der Waals surface area contributed by atoms with E-state index in [1.165, 1.54) is 29.1 Å². The molecule has 1 fully saturated rings. The highest BCUT2D eigenvalue weighted by atomic mass is 16.5. The van der Waals surface area contributed by atoms with Crippen LogP contribution in [0.25, 0.3) is 5.76 Å². The molecule has 1 aromatic rings. The lowest BCUT2D eigenvalue weighted by Crippen LogP contribution is -2.68. The van der Waals surface area contributed by atoms with Crippen molar-refractivity contribution in [3.05, 3.63) is 58.4 Å². The molecule has 1 unspecified atom stereocenters. The molecule has 2 amide bonds. The number of nitrogens with zero attached hydrogens (tertiary/aromatic N) is 2. The van der Waals surface area contributed by atoms with Crippen LogP contribution in [0.4, 0.5) is 4.79 Å². The topological polar surface area (TPSA) is 194 Å². The van der Waals surface area contributed by atoms with Gasteiger partial charge in [-0.1, -0.05) is 12.1 Å². The van der Waals surface area contributed by atoms with Gasteiger partial charge >= 0.3 is 6.09 Å². The number of carbonyl (C=O) groups excluding carboxylic acids is 3. The zero-order valence-electron chi connectivity index (χ0n) is 21.9. The van der Waals surface area contributed by atoms with Gasteiger partial charge in [0.25, 0.3) is 5.91 Å². The summed E-state index contributed by atoms with van der Waals surface area (Å²) in [6, 6.07) is 1.89. The second-order valence-electron chi connectivity index (χ2n) is 10.4. The highest BCUT2D eigenvalue weighted by Gasteiger charge is 2.64. The fraction of sp³-hybridized carbons (Fsp3) is 0.444. The van der Waals surface area contributed by atoms with Gasteiger partial charge in [0.15, 0.2) is 11.4 Å². The van der Waals surface area contributed by atoms with Crippen molar-refractivity contribution in [2.75, 3.05) is 27.7 Å². The van der Waals surface area contributed by atoms with Crippen LogP contribution in [0.2, 0.25) is 0 Å². The van der Waals surface area contributed by atoms with E-state index in [0.29, 0.717) is 11.1 Å². The smallest absolute Gasteiger partial charge is 0.410 e. The second kappa shape index (κ2) is 10.0. The molecule has 0 aliphatic heterocycles. The Hall–Kier alpha value is -3.87. The first-order valence-electron chi connectivity index (χ1n) is 12.4. The standard InChI is InChI=1S/C27H33N3O9/c1-5-8-30(26(37)39-4)11-12-6-7-16(31)18-14(12)9-13-10-15-20(29(2)3)22(33)19(25(28)36)24(35)27(15,38)23(34)17(13)21(18)32/h5-7,13,15,20,24,31-33,35,38H,1,8-11H2,2-4H3,(H2,28,36)/t13-,15-,20-,24?,27-/m0/s1. The van der Waals surface area contributed by atoms with Crippen LogP contribution in [0.3, 0.4) is 0 Å². The Labute approximate surface area is 224 Å². The number of fused-ring (bicyclic) bond motifs is 3. The number of likely N-dealkylation sites (N-methyl/N-ethyl adjacent to an activating group) is 1. The van der Waals surface area contributed by atoms with E-state index < -0.39 is 64.5 Å². The molecule has 5 atom stereocenters. The molecule has 0 radical (unpaired) electrons. The lowest BCUT2D eigenvalue weighted by atomic mass is 9.56. The molecule has 7 N–H and O–H groups in total. The first kappa shape index (κ1) is 28.1. The van der Waals surface area contributed by atoms with Crippen LogP contribution in [0.1, 0.15) is 23.1 Å². The Balaban J connectivity index is 1.87. The molecule has 1 aromatic carbocycles. The van der Waals surface area contributed by atoms with Crippen LogP contribution in [0.5, 0.6) is 5.75 Å². The lowest BCUT2D eigenvalue weighted by molar-refractivity contribution is -0.170. The predicted octanol–water partition coefficient (Wildman–Crippen LogP) is 0.510. The maximum atomic E-state index is 13.9. The summed E-state index contributed by atoms with van der Waals surface area (Å²) in [4.78, 5) is 41.2. The number of carbonyl (C=O) groups is 3.